The van der Waals surface area contributed by atoms with E-state index in [1.165, 1.54) is 7.11 Å². The van der Waals surface area contributed by atoms with Crippen molar-refractivity contribution in [1.29, 1.82) is 0 Å². The van der Waals surface area contributed by atoms with E-state index in [-0.39, 0.29) is 24.0 Å². The standard InChI is InChI=1S/C15H22N2O3/c1-5-13(15(19)20-4)17-12-8-6-11(7-9-12)14(18)16-10(2)3/h6-10,13,17H,5H2,1-4H3,(H,16,18). The van der Waals surface area contributed by atoms with Gasteiger partial charge in [0.25, 0.3) is 5.91 Å². The third kappa shape index (κ3) is 4.57. The summed E-state index contributed by atoms with van der Waals surface area (Å²) in [6.07, 6.45) is 0.627. The maximum Gasteiger partial charge on any atom is 0.328 e. The van der Waals surface area contributed by atoms with Crippen LogP contribution in [-0.2, 0) is 9.53 Å². The quantitative estimate of drug-likeness (QED) is 0.783. The van der Waals surface area contributed by atoms with Crippen LogP contribution in [0.15, 0.2) is 24.3 Å². The summed E-state index contributed by atoms with van der Waals surface area (Å²) in [7, 11) is 1.37. The Bertz CT molecular complexity index is 455. The van der Waals surface area contributed by atoms with Crippen molar-refractivity contribution >= 4 is 17.6 Å². The zero-order valence-corrected chi connectivity index (χ0v) is 12.4. The van der Waals surface area contributed by atoms with Gasteiger partial charge in [-0.1, -0.05) is 6.92 Å². The molecule has 1 rings (SSSR count). The lowest BCUT2D eigenvalue weighted by Crippen LogP contribution is -2.30. The fraction of sp³-hybridized carbons (Fsp3) is 0.467. The van der Waals surface area contributed by atoms with Gasteiger partial charge in [-0.3, -0.25) is 4.79 Å². The van der Waals surface area contributed by atoms with Crippen molar-refractivity contribution in [2.45, 2.75) is 39.3 Å². The monoisotopic (exact) mass is 278 g/mol. The molecule has 0 saturated carbocycles. The minimum atomic E-state index is -0.379. The number of anilines is 1. The van der Waals surface area contributed by atoms with Gasteiger partial charge >= 0.3 is 5.97 Å². The molecule has 5 nitrogen and oxygen atoms in total. The molecule has 110 valence electrons. The molecule has 2 N–H and O–H groups in total. The molecule has 1 aromatic carbocycles. The second-order valence-electron chi connectivity index (χ2n) is 4.83. The molecule has 1 amide bonds. The highest BCUT2D eigenvalue weighted by Crippen LogP contribution is 2.12. The number of benzene rings is 1. The van der Waals surface area contributed by atoms with Crippen LogP contribution in [0.1, 0.15) is 37.6 Å². The Kier molecular flexibility index (Phi) is 6.03. The Labute approximate surface area is 119 Å². The Morgan fingerprint density at radius 2 is 1.80 bits per heavy atom. The first kappa shape index (κ1) is 16.0. The van der Waals surface area contributed by atoms with Crippen molar-refractivity contribution in [3.8, 4) is 0 Å². The number of amides is 1. The highest BCUT2D eigenvalue weighted by atomic mass is 16.5. The molecule has 20 heavy (non-hydrogen) atoms. The molecule has 0 fully saturated rings. The molecule has 1 unspecified atom stereocenters. The van der Waals surface area contributed by atoms with Crippen LogP contribution < -0.4 is 10.6 Å². The van der Waals surface area contributed by atoms with E-state index in [0.717, 1.165) is 5.69 Å². The molecular weight excluding hydrogens is 256 g/mol. The lowest BCUT2D eigenvalue weighted by molar-refractivity contribution is -0.141. The van der Waals surface area contributed by atoms with E-state index in [4.69, 9.17) is 4.74 Å². The summed E-state index contributed by atoms with van der Waals surface area (Å²) in [5, 5.41) is 5.90. The highest BCUT2D eigenvalue weighted by molar-refractivity contribution is 5.94. The summed E-state index contributed by atoms with van der Waals surface area (Å²) < 4.78 is 4.72. The first-order chi connectivity index (χ1) is 9.47. The van der Waals surface area contributed by atoms with E-state index >= 15 is 0 Å². The number of carbonyl (C=O) groups is 2. The van der Waals surface area contributed by atoms with Crippen LogP contribution in [0.5, 0.6) is 0 Å². The fourth-order valence-corrected chi connectivity index (χ4v) is 1.73. The molecule has 0 aliphatic heterocycles. The van der Waals surface area contributed by atoms with Crippen LogP contribution in [0.25, 0.3) is 0 Å². The number of methoxy groups -OCH3 is 1. The number of rotatable bonds is 6. The van der Waals surface area contributed by atoms with Gasteiger partial charge in [0.15, 0.2) is 0 Å². The van der Waals surface area contributed by atoms with Crippen molar-refractivity contribution in [3.05, 3.63) is 29.8 Å². The second-order valence-corrected chi connectivity index (χ2v) is 4.83. The molecule has 0 heterocycles. The summed E-state index contributed by atoms with van der Waals surface area (Å²) in [4.78, 5) is 23.3. The van der Waals surface area contributed by atoms with Crippen LogP contribution in [0, 0.1) is 0 Å². The normalized spacial score (nSPS) is 11.8. The summed E-state index contributed by atoms with van der Waals surface area (Å²) >= 11 is 0. The zero-order chi connectivity index (χ0) is 15.1. The smallest absolute Gasteiger partial charge is 0.328 e. The van der Waals surface area contributed by atoms with E-state index < -0.39 is 0 Å². The van der Waals surface area contributed by atoms with Gasteiger partial charge < -0.3 is 15.4 Å². The lowest BCUT2D eigenvalue weighted by Gasteiger charge is -2.16. The number of hydrogen-bond acceptors (Lipinski definition) is 4. The largest absolute Gasteiger partial charge is 0.467 e. The molecule has 0 aliphatic rings. The van der Waals surface area contributed by atoms with Gasteiger partial charge in [-0.05, 0) is 44.5 Å². The molecular formula is C15H22N2O3. The maximum absolute atomic E-state index is 11.8. The van der Waals surface area contributed by atoms with Crippen LogP contribution >= 0.6 is 0 Å². The van der Waals surface area contributed by atoms with Gasteiger partial charge in [-0.25, -0.2) is 4.79 Å². The summed E-state index contributed by atoms with van der Waals surface area (Å²) in [6.45, 7) is 5.73. The number of ether oxygens (including phenoxy) is 1. The molecule has 0 saturated heterocycles. The molecule has 1 atom stereocenters. The van der Waals surface area contributed by atoms with Gasteiger partial charge in [0.2, 0.25) is 0 Å². The molecule has 0 aliphatic carbocycles. The maximum atomic E-state index is 11.8. The predicted octanol–water partition coefficient (Wildman–Crippen LogP) is 2.19. The van der Waals surface area contributed by atoms with E-state index in [1.54, 1.807) is 24.3 Å². The van der Waals surface area contributed by atoms with Crippen molar-refractivity contribution < 1.29 is 14.3 Å². The van der Waals surface area contributed by atoms with Gasteiger partial charge in [-0.2, -0.15) is 0 Å². The van der Waals surface area contributed by atoms with E-state index in [0.29, 0.717) is 12.0 Å². The number of hydrogen-bond donors (Lipinski definition) is 2. The second kappa shape index (κ2) is 7.53. The van der Waals surface area contributed by atoms with Crippen molar-refractivity contribution in [2.24, 2.45) is 0 Å². The SMILES string of the molecule is CCC(Nc1ccc(C(=O)NC(C)C)cc1)C(=O)OC. The Balaban J connectivity index is 2.71. The minimum Gasteiger partial charge on any atom is -0.467 e. The summed E-state index contributed by atoms with van der Waals surface area (Å²) in [6, 6.07) is 6.73. The van der Waals surface area contributed by atoms with Crippen LogP contribution in [0.4, 0.5) is 5.69 Å². The first-order valence-electron chi connectivity index (χ1n) is 6.73. The Hall–Kier alpha value is -2.04. The van der Waals surface area contributed by atoms with Crippen molar-refractivity contribution in [3.63, 3.8) is 0 Å². The molecule has 1 aromatic rings. The molecule has 0 aromatic heterocycles. The van der Waals surface area contributed by atoms with Gasteiger partial charge in [0, 0.05) is 17.3 Å². The highest BCUT2D eigenvalue weighted by Gasteiger charge is 2.16. The molecule has 0 radical (unpaired) electrons. The van der Waals surface area contributed by atoms with E-state index in [1.807, 2.05) is 20.8 Å². The average Bonchev–Trinajstić information content (AvgIpc) is 2.43. The Morgan fingerprint density at radius 3 is 2.25 bits per heavy atom. The molecule has 0 spiro atoms. The molecule has 5 heteroatoms. The minimum absolute atomic E-state index is 0.101. The summed E-state index contributed by atoms with van der Waals surface area (Å²) in [5.74, 6) is -0.402. The topological polar surface area (TPSA) is 67.4 Å². The third-order valence-electron chi connectivity index (χ3n) is 2.80. The summed E-state index contributed by atoms with van der Waals surface area (Å²) in [5.41, 5.74) is 1.37. The number of nitrogens with one attached hydrogen (secondary N) is 2. The van der Waals surface area contributed by atoms with E-state index in [9.17, 15) is 9.59 Å². The average molecular weight is 278 g/mol. The van der Waals surface area contributed by atoms with Crippen LogP contribution in [0.2, 0.25) is 0 Å². The predicted molar refractivity (Wildman–Crippen MR) is 78.8 cm³/mol. The molecule has 0 bridgehead atoms. The van der Waals surface area contributed by atoms with Crippen molar-refractivity contribution in [1.82, 2.24) is 5.32 Å². The Morgan fingerprint density at radius 1 is 1.20 bits per heavy atom. The van der Waals surface area contributed by atoms with Crippen LogP contribution in [0.3, 0.4) is 0 Å². The zero-order valence-electron chi connectivity index (χ0n) is 12.4. The third-order valence-corrected chi connectivity index (χ3v) is 2.80. The fourth-order valence-electron chi connectivity index (χ4n) is 1.73. The number of carbonyl (C=O) groups excluding carboxylic acids is 2. The van der Waals surface area contributed by atoms with E-state index in [2.05, 4.69) is 10.6 Å². The van der Waals surface area contributed by atoms with Gasteiger partial charge in [0.1, 0.15) is 6.04 Å². The van der Waals surface area contributed by atoms with Crippen molar-refractivity contribution in [2.75, 3.05) is 12.4 Å². The number of esters is 1. The van der Waals surface area contributed by atoms with Gasteiger partial charge in [-0.15, -0.1) is 0 Å². The van der Waals surface area contributed by atoms with Gasteiger partial charge in [0.05, 0.1) is 7.11 Å². The van der Waals surface area contributed by atoms with Crippen LogP contribution in [-0.4, -0.2) is 31.1 Å². The lowest BCUT2D eigenvalue weighted by atomic mass is 10.1. The first-order valence-corrected chi connectivity index (χ1v) is 6.73.